The van der Waals surface area contributed by atoms with Gasteiger partial charge in [-0.05, 0) is 40.0 Å². The van der Waals surface area contributed by atoms with Crippen molar-refractivity contribution in [2.45, 2.75) is 45.7 Å². The highest BCUT2D eigenvalue weighted by Crippen LogP contribution is 2.29. The summed E-state index contributed by atoms with van der Waals surface area (Å²) in [6.07, 6.45) is 1.15. The molecule has 0 saturated carbocycles. The molecular weight excluding hydrogens is 150 g/mol. The van der Waals surface area contributed by atoms with E-state index in [1.165, 1.54) is 0 Å². The van der Waals surface area contributed by atoms with Crippen molar-refractivity contribution in [3.8, 4) is 0 Å². The molecule has 72 valence electrons. The summed E-state index contributed by atoms with van der Waals surface area (Å²) < 4.78 is 0. The van der Waals surface area contributed by atoms with Crippen molar-refractivity contribution in [3.05, 3.63) is 0 Å². The molecule has 0 aromatic rings. The summed E-state index contributed by atoms with van der Waals surface area (Å²) in [4.78, 5) is 2.48. The maximum Gasteiger partial charge on any atom is 0.0472 e. The summed E-state index contributed by atoms with van der Waals surface area (Å²) >= 11 is 0. The van der Waals surface area contributed by atoms with E-state index in [0.717, 1.165) is 13.0 Å². The smallest absolute Gasteiger partial charge is 0.0472 e. The van der Waals surface area contributed by atoms with Crippen LogP contribution in [0.5, 0.6) is 0 Å². The summed E-state index contributed by atoms with van der Waals surface area (Å²) in [5.74, 6) is 0.499. The van der Waals surface area contributed by atoms with Crippen LogP contribution in [0, 0.1) is 5.92 Å². The fraction of sp³-hybridized carbons (Fsp3) is 1.00. The summed E-state index contributed by atoms with van der Waals surface area (Å²) in [6, 6.07) is 0.627. The van der Waals surface area contributed by atoms with Crippen LogP contribution in [-0.2, 0) is 0 Å². The fourth-order valence-corrected chi connectivity index (χ4v) is 2.21. The second-order valence-corrected chi connectivity index (χ2v) is 4.96. The highest BCUT2D eigenvalue weighted by Gasteiger charge is 2.34. The number of rotatable bonds is 1. The zero-order valence-corrected chi connectivity index (χ0v) is 8.67. The largest absolute Gasteiger partial charge is 0.396 e. The van der Waals surface area contributed by atoms with E-state index in [4.69, 9.17) is 5.11 Å². The van der Waals surface area contributed by atoms with Gasteiger partial charge in [-0.25, -0.2) is 0 Å². The molecule has 1 N–H and O–H groups in total. The van der Waals surface area contributed by atoms with Crippen molar-refractivity contribution in [2.24, 2.45) is 5.92 Å². The normalized spacial score (nSPS) is 32.8. The predicted octanol–water partition coefficient (Wildman–Crippen LogP) is 1.49. The lowest BCUT2D eigenvalue weighted by Gasteiger charge is -2.35. The van der Waals surface area contributed by atoms with Gasteiger partial charge < -0.3 is 5.11 Å². The zero-order chi connectivity index (χ0) is 9.35. The molecule has 1 aliphatic rings. The molecule has 1 rings (SSSR count). The number of likely N-dealkylation sites (tertiary alicyclic amines) is 1. The minimum atomic E-state index is 0.253. The Labute approximate surface area is 75.6 Å². The van der Waals surface area contributed by atoms with Crippen LogP contribution in [0.15, 0.2) is 0 Å². The van der Waals surface area contributed by atoms with E-state index in [0.29, 0.717) is 18.6 Å². The Morgan fingerprint density at radius 2 is 2.00 bits per heavy atom. The van der Waals surface area contributed by atoms with E-state index in [2.05, 4.69) is 32.6 Å². The average molecular weight is 171 g/mol. The van der Waals surface area contributed by atoms with Crippen molar-refractivity contribution < 1.29 is 5.11 Å². The molecule has 2 atom stereocenters. The molecule has 12 heavy (non-hydrogen) atoms. The van der Waals surface area contributed by atoms with Gasteiger partial charge in [0, 0.05) is 24.7 Å². The van der Waals surface area contributed by atoms with Gasteiger partial charge in [0.05, 0.1) is 0 Å². The molecule has 0 bridgehead atoms. The van der Waals surface area contributed by atoms with E-state index >= 15 is 0 Å². The molecule has 2 nitrogen and oxygen atoms in total. The Hall–Kier alpha value is -0.0800. The van der Waals surface area contributed by atoms with Crippen LogP contribution in [0.4, 0.5) is 0 Å². The Morgan fingerprint density at radius 3 is 2.25 bits per heavy atom. The van der Waals surface area contributed by atoms with Gasteiger partial charge in [-0.15, -0.1) is 0 Å². The number of hydrogen-bond donors (Lipinski definition) is 1. The predicted molar refractivity (Wildman–Crippen MR) is 51.1 cm³/mol. The fourth-order valence-electron chi connectivity index (χ4n) is 2.21. The molecule has 0 amide bonds. The van der Waals surface area contributed by atoms with Gasteiger partial charge in [-0.1, -0.05) is 0 Å². The first kappa shape index (κ1) is 10.0. The lowest BCUT2D eigenvalue weighted by atomic mass is 10.1. The number of aliphatic hydroxyl groups excluding tert-OH is 1. The first-order valence-electron chi connectivity index (χ1n) is 4.82. The van der Waals surface area contributed by atoms with Crippen LogP contribution in [0.1, 0.15) is 34.1 Å². The van der Waals surface area contributed by atoms with Gasteiger partial charge in [0.15, 0.2) is 0 Å². The van der Waals surface area contributed by atoms with E-state index in [9.17, 15) is 0 Å². The van der Waals surface area contributed by atoms with E-state index in [1.54, 1.807) is 0 Å². The van der Waals surface area contributed by atoms with Crippen LogP contribution in [0.3, 0.4) is 0 Å². The Balaban J connectivity index is 2.58. The number of nitrogens with zero attached hydrogens (tertiary/aromatic N) is 1. The summed E-state index contributed by atoms with van der Waals surface area (Å²) in [5, 5.41) is 9.04. The van der Waals surface area contributed by atoms with Crippen molar-refractivity contribution >= 4 is 0 Å². The highest BCUT2D eigenvalue weighted by atomic mass is 16.3. The van der Waals surface area contributed by atoms with Gasteiger partial charge in [-0.3, -0.25) is 4.90 Å². The van der Waals surface area contributed by atoms with Gasteiger partial charge >= 0.3 is 0 Å². The van der Waals surface area contributed by atoms with Crippen LogP contribution < -0.4 is 0 Å². The van der Waals surface area contributed by atoms with Crippen molar-refractivity contribution in [2.75, 3.05) is 13.2 Å². The maximum atomic E-state index is 9.04. The third kappa shape index (κ3) is 1.99. The molecular formula is C10H21NO. The third-order valence-corrected chi connectivity index (χ3v) is 2.78. The zero-order valence-electron chi connectivity index (χ0n) is 8.67. The molecule has 1 aliphatic heterocycles. The minimum absolute atomic E-state index is 0.253. The molecule has 0 spiro atoms. The third-order valence-electron chi connectivity index (χ3n) is 2.78. The molecule has 0 aliphatic carbocycles. The van der Waals surface area contributed by atoms with E-state index in [-0.39, 0.29) is 5.54 Å². The van der Waals surface area contributed by atoms with Crippen molar-refractivity contribution in [1.82, 2.24) is 4.90 Å². The summed E-state index contributed by atoms with van der Waals surface area (Å²) in [6.45, 7) is 10.4. The van der Waals surface area contributed by atoms with E-state index in [1.807, 2.05) is 0 Å². The molecule has 0 radical (unpaired) electrons. The molecule has 2 unspecified atom stereocenters. The molecule has 0 aromatic heterocycles. The summed E-state index contributed by atoms with van der Waals surface area (Å²) in [7, 11) is 0. The summed E-state index contributed by atoms with van der Waals surface area (Å²) in [5.41, 5.74) is 0.253. The standard InChI is InChI=1S/C10H21NO/c1-8-5-9(7-12)6-11(8)10(2,3)4/h8-9,12H,5-7H2,1-4H3. The maximum absolute atomic E-state index is 9.04. The van der Waals surface area contributed by atoms with Crippen molar-refractivity contribution in [1.29, 1.82) is 0 Å². The van der Waals surface area contributed by atoms with Gasteiger partial charge in [0.2, 0.25) is 0 Å². The Morgan fingerprint density at radius 1 is 1.42 bits per heavy atom. The molecule has 1 saturated heterocycles. The minimum Gasteiger partial charge on any atom is -0.396 e. The van der Waals surface area contributed by atoms with Crippen molar-refractivity contribution in [3.63, 3.8) is 0 Å². The topological polar surface area (TPSA) is 23.5 Å². The first-order valence-corrected chi connectivity index (χ1v) is 4.82. The quantitative estimate of drug-likeness (QED) is 0.646. The molecule has 0 aromatic carbocycles. The Kier molecular flexibility index (Phi) is 2.79. The lowest BCUT2D eigenvalue weighted by Crippen LogP contribution is -2.43. The molecule has 1 fully saturated rings. The monoisotopic (exact) mass is 171 g/mol. The second kappa shape index (κ2) is 3.35. The molecule has 2 heteroatoms. The van der Waals surface area contributed by atoms with Crippen LogP contribution >= 0.6 is 0 Å². The average Bonchev–Trinajstić information content (AvgIpc) is 2.29. The second-order valence-electron chi connectivity index (χ2n) is 4.96. The SMILES string of the molecule is CC1CC(CO)CN1C(C)(C)C. The highest BCUT2D eigenvalue weighted by molar-refractivity contribution is 4.89. The number of hydrogen-bond acceptors (Lipinski definition) is 2. The molecule has 1 heterocycles. The Bertz CT molecular complexity index is 150. The van der Waals surface area contributed by atoms with Crippen LogP contribution in [0.2, 0.25) is 0 Å². The number of aliphatic hydroxyl groups is 1. The van der Waals surface area contributed by atoms with Crippen LogP contribution in [0.25, 0.3) is 0 Å². The van der Waals surface area contributed by atoms with E-state index < -0.39 is 0 Å². The van der Waals surface area contributed by atoms with Crippen LogP contribution in [-0.4, -0.2) is 34.7 Å². The first-order chi connectivity index (χ1) is 5.45. The van der Waals surface area contributed by atoms with Gasteiger partial charge in [0.25, 0.3) is 0 Å². The van der Waals surface area contributed by atoms with Gasteiger partial charge in [0.1, 0.15) is 0 Å². The van der Waals surface area contributed by atoms with Gasteiger partial charge in [-0.2, -0.15) is 0 Å². The lowest BCUT2D eigenvalue weighted by molar-refractivity contribution is 0.122.